The molecule has 6 nitrogen and oxygen atoms in total. The first kappa shape index (κ1) is 14.7. The number of rotatable bonds is 4. The Balaban J connectivity index is 1.84. The zero-order valence-electron chi connectivity index (χ0n) is 11.3. The van der Waals surface area contributed by atoms with Gasteiger partial charge in [0, 0.05) is 18.8 Å². The number of aromatic nitrogens is 1. The van der Waals surface area contributed by atoms with Crippen molar-refractivity contribution in [3.8, 4) is 0 Å². The van der Waals surface area contributed by atoms with E-state index in [1.165, 1.54) is 22.6 Å². The van der Waals surface area contributed by atoms with E-state index in [0.29, 0.717) is 19.4 Å². The fourth-order valence-electron chi connectivity index (χ4n) is 2.50. The summed E-state index contributed by atoms with van der Waals surface area (Å²) in [5.41, 5.74) is 0. The highest BCUT2D eigenvalue weighted by atomic mass is 35.5. The molecule has 8 heteroatoms. The number of hydrogen-bond donors (Lipinski definition) is 1. The van der Waals surface area contributed by atoms with Gasteiger partial charge in [0.15, 0.2) is 0 Å². The van der Waals surface area contributed by atoms with Crippen LogP contribution in [0.2, 0.25) is 5.15 Å². The molecule has 1 N–H and O–H groups in total. The summed E-state index contributed by atoms with van der Waals surface area (Å²) in [6.45, 7) is 0.352. The molecule has 114 valence electrons. The molecule has 1 aliphatic heterocycles. The van der Waals surface area contributed by atoms with E-state index in [2.05, 4.69) is 10.3 Å². The van der Waals surface area contributed by atoms with Crippen LogP contribution in [0.1, 0.15) is 25.7 Å². The third-order valence-electron chi connectivity index (χ3n) is 3.73. The highest BCUT2D eigenvalue weighted by Crippen LogP contribution is 2.28. The molecule has 2 aliphatic rings. The van der Waals surface area contributed by atoms with Gasteiger partial charge in [0.25, 0.3) is 0 Å². The fourth-order valence-corrected chi connectivity index (χ4v) is 4.40. The molecule has 2 fully saturated rings. The predicted octanol–water partition coefficient (Wildman–Crippen LogP) is 1.17. The van der Waals surface area contributed by atoms with Crippen molar-refractivity contribution in [1.29, 1.82) is 0 Å². The Morgan fingerprint density at radius 3 is 2.81 bits per heavy atom. The second kappa shape index (κ2) is 5.55. The first-order valence-corrected chi connectivity index (χ1v) is 8.74. The minimum atomic E-state index is -3.72. The van der Waals surface area contributed by atoms with Crippen molar-refractivity contribution >= 4 is 27.5 Å². The summed E-state index contributed by atoms with van der Waals surface area (Å²) in [6, 6.07) is 2.31. The van der Waals surface area contributed by atoms with E-state index in [0.717, 1.165) is 12.8 Å². The number of carbonyl (C=O) groups excluding carboxylic acids is 1. The van der Waals surface area contributed by atoms with Crippen LogP contribution >= 0.6 is 11.6 Å². The van der Waals surface area contributed by atoms with Crippen LogP contribution in [0.4, 0.5) is 0 Å². The normalized spacial score (nSPS) is 23.2. The van der Waals surface area contributed by atoms with Crippen molar-refractivity contribution in [2.75, 3.05) is 6.54 Å². The number of nitrogens with zero attached hydrogens (tertiary/aromatic N) is 2. The molecule has 1 unspecified atom stereocenters. The Bertz CT molecular complexity index is 660. The standard InChI is InChI=1S/C13H16ClN3O3S/c14-12-8-10(5-6-15-12)21(19,20)17-7-1-2-11(17)13(18)16-9-3-4-9/h5-6,8-9,11H,1-4,7H2,(H,16,18). The summed E-state index contributed by atoms with van der Waals surface area (Å²) in [5, 5.41) is 3.00. The van der Waals surface area contributed by atoms with Crippen LogP contribution in [0.25, 0.3) is 0 Å². The van der Waals surface area contributed by atoms with E-state index in [9.17, 15) is 13.2 Å². The highest BCUT2D eigenvalue weighted by Gasteiger charge is 2.40. The van der Waals surface area contributed by atoms with Gasteiger partial charge in [0.2, 0.25) is 15.9 Å². The van der Waals surface area contributed by atoms with Gasteiger partial charge in [-0.1, -0.05) is 11.6 Å². The van der Waals surface area contributed by atoms with Crippen molar-refractivity contribution in [3.63, 3.8) is 0 Å². The van der Waals surface area contributed by atoms with Gasteiger partial charge in [-0.15, -0.1) is 0 Å². The zero-order chi connectivity index (χ0) is 15.0. The van der Waals surface area contributed by atoms with E-state index in [-0.39, 0.29) is 22.0 Å². The van der Waals surface area contributed by atoms with Crippen LogP contribution in [-0.2, 0) is 14.8 Å². The Morgan fingerprint density at radius 2 is 2.14 bits per heavy atom. The van der Waals surface area contributed by atoms with Crippen molar-refractivity contribution < 1.29 is 13.2 Å². The molecule has 1 saturated heterocycles. The lowest BCUT2D eigenvalue weighted by Crippen LogP contribution is -2.46. The second-order valence-corrected chi connectivity index (χ2v) is 7.65. The van der Waals surface area contributed by atoms with E-state index >= 15 is 0 Å². The average Bonchev–Trinajstić information content (AvgIpc) is 3.10. The number of pyridine rings is 1. The van der Waals surface area contributed by atoms with Gasteiger partial charge in [-0.25, -0.2) is 13.4 Å². The lowest BCUT2D eigenvalue weighted by molar-refractivity contribution is -0.124. The van der Waals surface area contributed by atoms with Gasteiger partial charge in [-0.3, -0.25) is 4.79 Å². The molecular formula is C13H16ClN3O3S. The van der Waals surface area contributed by atoms with Gasteiger partial charge >= 0.3 is 0 Å². The van der Waals surface area contributed by atoms with Gasteiger partial charge < -0.3 is 5.32 Å². The SMILES string of the molecule is O=C(NC1CC1)C1CCCN1S(=O)(=O)c1ccnc(Cl)c1. The maximum absolute atomic E-state index is 12.7. The molecule has 1 saturated carbocycles. The fraction of sp³-hybridized carbons (Fsp3) is 0.538. The van der Waals surface area contributed by atoms with Gasteiger partial charge in [-0.05, 0) is 37.8 Å². The maximum atomic E-state index is 12.7. The molecule has 0 bridgehead atoms. The molecule has 0 radical (unpaired) electrons. The third-order valence-corrected chi connectivity index (χ3v) is 5.85. The number of halogens is 1. The molecule has 21 heavy (non-hydrogen) atoms. The number of amides is 1. The van der Waals surface area contributed by atoms with Gasteiger partial charge in [-0.2, -0.15) is 4.31 Å². The third kappa shape index (κ3) is 3.04. The van der Waals surface area contributed by atoms with E-state index in [4.69, 9.17) is 11.6 Å². The zero-order valence-corrected chi connectivity index (χ0v) is 12.9. The summed E-state index contributed by atoms with van der Waals surface area (Å²) >= 11 is 5.76. The molecule has 1 aromatic rings. The largest absolute Gasteiger partial charge is 0.352 e. The molecule has 0 spiro atoms. The lowest BCUT2D eigenvalue weighted by Gasteiger charge is -2.23. The van der Waals surface area contributed by atoms with Gasteiger partial charge in [0.1, 0.15) is 11.2 Å². The Kier molecular flexibility index (Phi) is 3.90. The van der Waals surface area contributed by atoms with Crippen LogP contribution < -0.4 is 5.32 Å². The van der Waals surface area contributed by atoms with Crippen molar-refractivity contribution in [2.24, 2.45) is 0 Å². The smallest absolute Gasteiger partial charge is 0.243 e. The van der Waals surface area contributed by atoms with Crippen LogP contribution in [0.5, 0.6) is 0 Å². The second-order valence-electron chi connectivity index (χ2n) is 5.37. The number of nitrogens with one attached hydrogen (secondary N) is 1. The van der Waals surface area contributed by atoms with Crippen LogP contribution in [0.3, 0.4) is 0 Å². The van der Waals surface area contributed by atoms with Crippen molar-refractivity contribution in [3.05, 3.63) is 23.5 Å². The topological polar surface area (TPSA) is 79.4 Å². The van der Waals surface area contributed by atoms with Crippen LogP contribution in [-0.4, -0.2) is 42.2 Å². The van der Waals surface area contributed by atoms with Crippen molar-refractivity contribution in [1.82, 2.24) is 14.6 Å². The summed E-state index contributed by atoms with van der Waals surface area (Å²) in [7, 11) is -3.72. The summed E-state index contributed by atoms with van der Waals surface area (Å²) in [5.74, 6) is -0.196. The molecule has 1 aromatic heterocycles. The average molecular weight is 330 g/mol. The van der Waals surface area contributed by atoms with E-state index in [1.807, 2.05) is 0 Å². The Morgan fingerprint density at radius 1 is 1.38 bits per heavy atom. The van der Waals surface area contributed by atoms with Crippen LogP contribution in [0.15, 0.2) is 23.2 Å². The van der Waals surface area contributed by atoms with Crippen molar-refractivity contribution in [2.45, 2.75) is 42.7 Å². The molecule has 2 heterocycles. The minimum absolute atomic E-state index is 0.0774. The first-order valence-electron chi connectivity index (χ1n) is 6.92. The highest BCUT2D eigenvalue weighted by molar-refractivity contribution is 7.89. The molecule has 3 rings (SSSR count). The number of carbonyl (C=O) groups is 1. The van der Waals surface area contributed by atoms with Crippen LogP contribution in [0, 0.1) is 0 Å². The molecule has 0 aromatic carbocycles. The quantitative estimate of drug-likeness (QED) is 0.841. The Labute approximate surface area is 128 Å². The molecule has 1 atom stereocenters. The van der Waals surface area contributed by atoms with Gasteiger partial charge in [0.05, 0.1) is 4.90 Å². The van der Waals surface area contributed by atoms with E-state index in [1.54, 1.807) is 0 Å². The molecule has 1 amide bonds. The summed E-state index contributed by atoms with van der Waals surface area (Å²) in [6.07, 6.45) is 4.54. The first-order chi connectivity index (χ1) is 9.98. The predicted molar refractivity (Wildman–Crippen MR) is 77.3 cm³/mol. The number of hydrogen-bond acceptors (Lipinski definition) is 4. The minimum Gasteiger partial charge on any atom is -0.352 e. The lowest BCUT2D eigenvalue weighted by atomic mass is 10.2. The molecular weight excluding hydrogens is 314 g/mol. The summed E-state index contributed by atoms with van der Waals surface area (Å²) < 4.78 is 26.6. The summed E-state index contributed by atoms with van der Waals surface area (Å²) in [4.78, 5) is 16.1. The number of sulfonamides is 1. The Hall–Kier alpha value is -1.18. The maximum Gasteiger partial charge on any atom is 0.243 e. The monoisotopic (exact) mass is 329 g/mol. The van der Waals surface area contributed by atoms with E-state index < -0.39 is 16.1 Å². The molecule has 1 aliphatic carbocycles.